The van der Waals surface area contributed by atoms with Crippen molar-refractivity contribution in [3.63, 3.8) is 0 Å². The van der Waals surface area contributed by atoms with Crippen molar-refractivity contribution >= 4 is 15.9 Å². The third-order valence-corrected chi connectivity index (χ3v) is 2.99. The van der Waals surface area contributed by atoms with Crippen molar-refractivity contribution in [2.75, 3.05) is 26.9 Å². The molecule has 1 rings (SSSR count). The molecule has 0 heterocycles. The molecule has 1 aromatic carbocycles. The quantitative estimate of drug-likeness (QED) is 0.619. The van der Waals surface area contributed by atoms with Crippen molar-refractivity contribution in [1.82, 2.24) is 0 Å². The molecule has 1 aromatic rings. The highest BCUT2D eigenvalue weighted by Gasteiger charge is 2.19. The van der Waals surface area contributed by atoms with Crippen LogP contribution in [0.4, 0.5) is 8.78 Å². The summed E-state index contributed by atoms with van der Waals surface area (Å²) in [5.41, 5.74) is -0.334. The van der Waals surface area contributed by atoms with Crippen LogP contribution < -0.4 is 0 Å². The maximum absolute atomic E-state index is 13.6. The van der Waals surface area contributed by atoms with Gasteiger partial charge in [-0.15, -0.1) is 0 Å². The van der Waals surface area contributed by atoms with Gasteiger partial charge in [-0.3, -0.25) is 0 Å². The number of benzene rings is 1. The summed E-state index contributed by atoms with van der Waals surface area (Å²) in [7, 11) is 1.55. The maximum atomic E-state index is 13.6. The molecule has 0 fully saturated rings. The fourth-order valence-corrected chi connectivity index (χ4v) is 1.78. The predicted octanol–water partition coefficient (Wildman–Crippen LogP) is 2.81. The number of halogens is 3. The molecule has 0 spiro atoms. The Labute approximate surface area is 113 Å². The van der Waals surface area contributed by atoms with E-state index in [0.29, 0.717) is 13.2 Å². The topological polar surface area (TPSA) is 38.7 Å². The third kappa shape index (κ3) is 4.28. The second kappa shape index (κ2) is 7.78. The van der Waals surface area contributed by atoms with Crippen LogP contribution >= 0.6 is 15.9 Å². The van der Waals surface area contributed by atoms with Crippen LogP contribution in [-0.2, 0) is 9.47 Å². The number of ether oxygens (including phenoxy) is 2. The monoisotopic (exact) mass is 324 g/mol. The molecule has 6 heteroatoms. The highest BCUT2D eigenvalue weighted by atomic mass is 79.9. The van der Waals surface area contributed by atoms with Crippen molar-refractivity contribution in [3.8, 4) is 0 Å². The second-order valence-electron chi connectivity index (χ2n) is 3.67. The average Bonchev–Trinajstić information content (AvgIpc) is 2.34. The molecule has 0 amide bonds. The lowest BCUT2D eigenvalue weighted by Gasteiger charge is -2.13. The molecule has 0 aliphatic carbocycles. The molecule has 0 saturated carbocycles. The Morgan fingerprint density at radius 3 is 2.67 bits per heavy atom. The summed E-state index contributed by atoms with van der Waals surface area (Å²) < 4.78 is 37.1. The summed E-state index contributed by atoms with van der Waals surface area (Å²) in [5.74, 6) is -1.54. The maximum Gasteiger partial charge on any atom is 0.146 e. The van der Waals surface area contributed by atoms with Gasteiger partial charge >= 0.3 is 0 Å². The largest absolute Gasteiger partial charge is 0.388 e. The van der Waals surface area contributed by atoms with Gasteiger partial charge in [0.1, 0.15) is 11.6 Å². The normalized spacial score (nSPS) is 12.7. The van der Waals surface area contributed by atoms with E-state index in [0.717, 1.165) is 6.07 Å². The number of hydrogen-bond donors (Lipinski definition) is 1. The van der Waals surface area contributed by atoms with Gasteiger partial charge in [0.2, 0.25) is 0 Å². The van der Waals surface area contributed by atoms with E-state index in [1.807, 2.05) is 0 Å². The zero-order valence-electron chi connectivity index (χ0n) is 9.96. The first-order valence-electron chi connectivity index (χ1n) is 5.46. The first-order valence-corrected chi connectivity index (χ1v) is 6.25. The first-order chi connectivity index (χ1) is 8.57. The minimum Gasteiger partial charge on any atom is -0.388 e. The molecule has 3 nitrogen and oxygen atoms in total. The van der Waals surface area contributed by atoms with Gasteiger partial charge in [0.25, 0.3) is 0 Å². The Hall–Kier alpha value is -0.560. The second-order valence-corrected chi connectivity index (χ2v) is 4.52. The van der Waals surface area contributed by atoms with Crippen LogP contribution in [0.2, 0.25) is 0 Å². The van der Waals surface area contributed by atoms with Crippen LogP contribution in [0.25, 0.3) is 0 Å². The van der Waals surface area contributed by atoms with E-state index in [9.17, 15) is 13.9 Å². The number of aliphatic hydroxyl groups excluding tert-OH is 1. The molecule has 18 heavy (non-hydrogen) atoms. The van der Waals surface area contributed by atoms with Crippen LogP contribution in [0.1, 0.15) is 18.1 Å². The number of aliphatic hydroxyl groups is 1. The Balaban J connectivity index is 2.56. The van der Waals surface area contributed by atoms with E-state index in [2.05, 4.69) is 15.9 Å². The van der Waals surface area contributed by atoms with Gasteiger partial charge in [0.15, 0.2) is 0 Å². The fourth-order valence-electron chi connectivity index (χ4n) is 1.43. The molecule has 0 radical (unpaired) electrons. The Morgan fingerprint density at radius 1 is 1.28 bits per heavy atom. The molecule has 0 bridgehead atoms. The Kier molecular flexibility index (Phi) is 6.70. The molecule has 0 saturated heterocycles. The van der Waals surface area contributed by atoms with Gasteiger partial charge in [-0.05, 0) is 28.1 Å². The van der Waals surface area contributed by atoms with Crippen LogP contribution in [0, 0.1) is 11.6 Å². The predicted molar refractivity (Wildman–Crippen MR) is 66.3 cm³/mol. The number of hydrogen-bond acceptors (Lipinski definition) is 3. The van der Waals surface area contributed by atoms with Crippen molar-refractivity contribution in [2.45, 2.75) is 12.5 Å². The summed E-state index contributed by atoms with van der Waals surface area (Å²) in [6, 6.07) is 2.37. The highest BCUT2D eigenvalue weighted by molar-refractivity contribution is 9.10. The zero-order chi connectivity index (χ0) is 13.5. The summed E-state index contributed by atoms with van der Waals surface area (Å²) in [6.07, 6.45) is -1.11. The molecular formula is C12H15BrF2O3. The van der Waals surface area contributed by atoms with E-state index < -0.39 is 17.7 Å². The van der Waals surface area contributed by atoms with Crippen LogP contribution in [0.5, 0.6) is 0 Å². The van der Waals surface area contributed by atoms with Crippen molar-refractivity contribution in [1.29, 1.82) is 0 Å². The Morgan fingerprint density at radius 2 is 2.00 bits per heavy atom. The van der Waals surface area contributed by atoms with Gasteiger partial charge in [-0.1, -0.05) is 0 Å². The average molecular weight is 325 g/mol. The zero-order valence-corrected chi connectivity index (χ0v) is 11.5. The minimum absolute atomic E-state index is 0.119. The van der Waals surface area contributed by atoms with Crippen LogP contribution in [-0.4, -0.2) is 32.0 Å². The molecule has 102 valence electrons. The highest BCUT2D eigenvalue weighted by Crippen LogP contribution is 2.28. The van der Waals surface area contributed by atoms with Crippen LogP contribution in [0.3, 0.4) is 0 Å². The lowest BCUT2D eigenvalue weighted by Crippen LogP contribution is -2.10. The molecule has 1 N–H and O–H groups in total. The molecule has 0 aliphatic heterocycles. The molecule has 0 aromatic heterocycles. The molecule has 0 aliphatic rings. The van der Waals surface area contributed by atoms with E-state index >= 15 is 0 Å². The van der Waals surface area contributed by atoms with E-state index in [-0.39, 0.29) is 23.1 Å². The van der Waals surface area contributed by atoms with Crippen LogP contribution in [0.15, 0.2) is 16.6 Å². The SMILES string of the molecule is COCCOCCC(O)c1c(F)ccc(Br)c1F. The summed E-state index contributed by atoms with van der Waals surface area (Å²) >= 11 is 2.95. The van der Waals surface area contributed by atoms with Gasteiger partial charge in [-0.2, -0.15) is 0 Å². The first kappa shape index (κ1) is 15.5. The fraction of sp³-hybridized carbons (Fsp3) is 0.500. The van der Waals surface area contributed by atoms with Gasteiger partial charge < -0.3 is 14.6 Å². The van der Waals surface area contributed by atoms with Crippen molar-refractivity contribution in [3.05, 3.63) is 33.8 Å². The standard InChI is InChI=1S/C12H15BrF2O3/c1-17-6-7-18-5-4-10(16)11-9(14)3-2-8(13)12(11)15/h2-3,10,16H,4-7H2,1H3. The number of methoxy groups -OCH3 is 1. The Bertz CT molecular complexity index is 388. The summed E-state index contributed by atoms with van der Waals surface area (Å²) in [5, 5.41) is 9.75. The minimum atomic E-state index is -1.23. The van der Waals surface area contributed by atoms with Crippen molar-refractivity contribution < 1.29 is 23.4 Å². The van der Waals surface area contributed by atoms with Crippen molar-refractivity contribution in [2.24, 2.45) is 0 Å². The molecule has 1 unspecified atom stereocenters. The third-order valence-electron chi connectivity index (χ3n) is 2.38. The van der Waals surface area contributed by atoms with E-state index in [4.69, 9.17) is 9.47 Å². The van der Waals surface area contributed by atoms with E-state index in [1.165, 1.54) is 6.07 Å². The summed E-state index contributed by atoms with van der Waals surface area (Å²) in [6.45, 7) is 1.03. The van der Waals surface area contributed by atoms with Gasteiger partial charge in [-0.25, -0.2) is 8.78 Å². The van der Waals surface area contributed by atoms with Gasteiger partial charge in [0.05, 0.1) is 29.4 Å². The lowest BCUT2D eigenvalue weighted by atomic mass is 10.1. The number of rotatable bonds is 7. The summed E-state index contributed by atoms with van der Waals surface area (Å²) in [4.78, 5) is 0. The smallest absolute Gasteiger partial charge is 0.146 e. The molecule has 1 atom stereocenters. The molecular weight excluding hydrogens is 310 g/mol. The lowest BCUT2D eigenvalue weighted by molar-refractivity contribution is 0.0460. The van der Waals surface area contributed by atoms with Gasteiger partial charge in [0, 0.05) is 20.1 Å². The van der Waals surface area contributed by atoms with E-state index in [1.54, 1.807) is 7.11 Å².